The molecule has 2 aromatic heterocycles. The number of nitrogens with zero attached hydrogens (tertiary/aromatic N) is 4. The second-order valence-electron chi connectivity index (χ2n) is 6.15. The van der Waals surface area contributed by atoms with Crippen LogP contribution in [0, 0.1) is 6.92 Å². The van der Waals surface area contributed by atoms with E-state index in [0.717, 1.165) is 47.8 Å². The number of hydrogen-bond acceptors (Lipinski definition) is 4. The van der Waals surface area contributed by atoms with Gasteiger partial charge < -0.3 is 10.2 Å². The molecule has 0 aliphatic rings. The normalized spacial score (nSPS) is 11.4. The molecule has 0 radical (unpaired) electrons. The third kappa shape index (κ3) is 3.52. The van der Waals surface area contributed by atoms with E-state index in [1.165, 1.54) is 0 Å². The Balaban J connectivity index is 1.96. The molecule has 24 heavy (non-hydrogen) atoms. The highest BCUT2D eigenvalue weighted by Crippen LogP contribution is 2.29. The van der Waals surface area contributed by atoms with Gasteiger partial charge in [0.25, 0.3) is 0 Å². The molecule has 0 atom stereocenters. The number of halogens is 1. The molecule has 0 fully saturated rings. The molecule has 0 unspecified atom stereocenters. The summed E-state index contributed by atoms with van der Waals surface area (Å²) in [5.74, 6) is 0.932. The van der Waals surface area contributed by atoms with Crippen LogP contribution in [-0.2, 0) is 0 Å². The Morgan fingerprint density at radius 2 is 2.04 bits per heavy atom. The fourth-order valence-corrected chi connectivity index (χ4v) is 2.85. The van der Waals surface area contributed by atoms with Crippen LogP contribution in [0.15, 0.2) is 36.5 Å². The van der Waals surface area contributed by atoms with Gasteiger partial charge in [-0.05, 0) is 40.1 Å². The van der Waals surface area contributed by atoms with Crippen LogP contribution in [0.3, 0.4) is 0 Å². The molecule has 0 aliphatic heterocycles. The van der Waals surface area contributed by atoms with Gasteiger partial charge in [0.1, 0.15) is 5.82 Å². The summed E-state index contributed by atoms with van der Waals surface area (Å²) in [5, 5.41) is 8.61. The molecule has 0 saturated heterocycles. The zero-order valence-corrected chi connectivity index (χ0v) is 15.0. The van der Waals surface area contributed by atoms with Crippen molar-refractivity contribution < 1.29 is 0 Å². The maximum absolute atomic E-state index is 6.35. The van der Waals surface area contributed by atoms with Gasteiger partial charge >= 0.3 is 0 Å². The lowest BCUT2D eigenvalue weighted by Crippen LogP contribution is -2.17. The fraction of sp³-hybridized carbons (Fsp3) is 0.333. The van der Waals surface area contributed by atoms with Crippen molar-refractivity contribution in [1.82, 2.24) is 19.5 Å². The largest absolute Gasteiger partial charge is 0.370 e. The summed E-state index contributed by atoms with van der Waals surface area (Å²) >= 11 is 6.35. The minimum atomic E-state index is 0.699. The van der Waals surface area contributed by atoms with Gasteiger partial charge in [0.05, 0.1) is 11.9 Å². The maximum atomic E-state index is 6.35. The van der Waals surface area contributed by atoms with Crippen molar-refractivity contribution in [2.24, 2.45) is 0 Å². The molecule has 126 valence electrons. The third-order valence-corrected chi connectivity index (χ3v) is 4.22. The highest BCUT2D eigenvalue weighted by Gasteiger charge is 2.12. The predicted octanol–water partition coefficient (Wildman–Crippen LogP) is 3.72. The molecular formula is C18H22ClN5. The number of anilines is 1. The number of rotatable bonds is 6. The Labute approximate surface area is 147 Å². The van der Waals surface area contributed by atoms with Gasteiger partial charge in [-0.1, -0.05) is 29.8 Å². The smallest absolute Gasteiger partial charge is 0.160 e. The topological polar surface area (TPSA) is 45.5 Å². The van der Waals surface area contributed by atoms with E-state index in [4.69, 9.17) is 16.6 Å². The van der Waals surface area contributed by atoms with Gasteiger partial charge in [-0.2, -0.15) is 9.61 Å². The first-order chi connectivity index (χ1) is 11.6. The Morgan fingerprint density at radius 1 is 1.25 bits per heavy atom. The minimum Gasteiger partial charge on any atom is -0.370 e. The van der Waals surface area contributed by atoms with Crippen LogP contribution in [-0.4, -0.2) is 46.7 Å². The molecule has 3 aromatic rings. The summed E-state index contributed by atoms with van der Waals surface area (Å²) in [6.07, 6.45) is 2.89. The SMILES string of the molecule is Cc1cnn2c(NCCCN(C)C)cc(-c3ccccc3Cl)nc12. The van der Waals surface area contributed by atoms with Crippen molar-refractivity contribution >= 4 is 23.1 Å². The maximum Gasteiger partial charge on any atom is 0.160 e. The number of fused-ring (bicyclic) bond motifs is 1. The van der Waals surface area contributed by atoms with E-state index in [2.05, 4.69) is 29.4 Å². The number of aromatic nitrogens is 3. The standard InChI is InChI=1S/C18H22ClN5/c1-13-12-21-24-17(20-9-6-10-23(2)3)11-16(22-18(13)24)14-7-4-5-8-15(14)19/h4-5,7-8,11-12,20H,6,9-10H2,1-3H3. The van der Waals surface area contributed by atoms with Gasteiger partial charge in [-0.3, -0.25) is 0 Å². The fourth-order valence-electron chi connectivity index (χ4n) is 2.62. The first-order valence-corrected chi connectivity index (χ1v) is 8.43. The van der Waals surface area contributed by atoms with Gasteiger partial charge in [0.2, 0.25) is 0 Å². The Hall–Kier alpha value is -2.11. The van der Waals surface area contributed by atoms with Crippen molar-refractivity contribution in [3.63, 3.8) is 0 Å². The molecular weight excluding hydrogens is 322 g/mol. The van der Waals surface area contributed by atoms with Gasteiger partial charge in [-0.15, -0.1) is 0 Å². The Morgan fingerprint density at radius 3 is 2.79 bits per heavy atom. The zero-order valence-electron chi connectivity index (χ0n) is 14.3. The highest BCUT2D eigenvalue weighted by atomic mass is 35.5. The quantitative estimate of drug-likeness (QED) is 0.693. The lowest BCUT2D eigenvalue weighted by Gasteiger charge is -2.13. The summed E-state index contributed by atoms with van der Waals surface area (Å²) in [7, 11) is 4.16. The van der Waals surface area contributed by atoms with E-state index in [1.807, 2.05) is 48.0 Å². The molecule has 0 amide bonds. The molecule has 1 aromatic carbocycles. The van der Waals surface area contributed by atoms with E-state index in [1.54, 1.807) is 0 Å². The number of nitrogens with one attached hydrogen (secondary N) is 1. The first kappa shape index (κ1) is 16.7. The van der Waals surface area contributed by atoms with E-state index in [0.29, 0.717) is 5.02 Å². The minimum absolute atomic E-state index is 0.699. The third-order valence-electron chi connectivity index (χ3n) is 3.89. The average Bonchev–Trinajstić information content (AvgIpc) is 2.93. The molecule has 5 nitrogen and oxygen atoms in total. The van der Waals surface area contributed by atoms with Crippen molar-refractivity contribution in [3.05, 3.63) is 47.1 Å². The first-order valence-electron chi connectivity index (χ1n) is 8.05. The molecule has 0 saturated carbocycles. The molecule has 1 N–H and O–H groups in total. The second-order valence-corrected chi connectivity index (χ2v) is 6.56. The lowest BCUT2D eigenvalue weighted by molar-refractivity contribution is 0.405. The molecule has 0 bridgehead atoms. The van der Waals surface area contributed by atoms with E-state index in [-0.39, 0.29) is 0 Å². The summed E-state index contributed by atoms with van der Waals surface area (Å²) in [4.78, 5) is 6.93. The van der Waals surface area contributed by atoms with Crippen molar-refractivity contribution in [2.45, 2.75) is 13.3 Å². The van der Waals surface area contributed by atoms with Crippen LogP contribution in [0.4, 0.5) is 5.82 Å². The van der Waals surface area contributed by atoms with E-state index in [9.17, 15) is 0 Å². The highest BCUT2D eigenvalue weighted by molar-refractivity contribution is 6.33. The van der Waals surface area contributed by atoms with Crippen LogP contribution in [0.2, 0.25) is 5.02 Å². The molecule has 0 spiro atoms. The summed E-state index contributed by atoms with van der Waals surface area (Å²) in [6.45, 7) is 3.93. The Bertz CT molecular complexity index is 841. The van der Waals surface area contributed by atoms with Crippen molar-refractivity contribution in [2.75, 3.05) is 32.5 Å². The number of benzene rings is 1. The van der Waals surface area contributed by atoms with Crippen LogP contribution < -0.4 is 5.32 Å². The average molecular weight is 344 g/mol. The van der Waals surface area contributed by atoms with Crippen LogP contribution in [0.5, 0.6) is 0 Å². The lowest BCUT2D eigenvalue weighted by atomic mass is 10.1. The van der Waals surface area contributed by atoms with Gasteiger partial charge in [-0.25, -0.2) is 4.98 Å². The monoisotopic (exact) mass is 343 g/mol. The van der Waals surface area contributed by atoms with Gasteiger partial charge in [0, 0.05) is 28.8 Å². The number of hydrogen-bond donors (Lipinski definition) is 1. The molecule has 2 heterocycles. The van der Waals surface area contributed by atoms with Crippen molar-refractivity contribution in [1.29, 1.82) is 0 Å². The molecule has 0 aliphatic carbocycles. The van der Waals surface area contributed by atoms with Crippen LogP contribution in [0.1, 0.15) is 12.0 Å². The summed E-state index contributed by atoms with van der Waals surface area (Å²) in [5.41, 5.74) is 3.67. The molecule has 3 rings (SSSR count). The van der Waals surface area contributed by atoms with E-state index >= 15 is 0 Å². The van der Waals surface area contributed by atoms with Crippen LogP contribution >= 0.6 is 11.6 Å². The van der Waals surface area contributed by atoms with Crippen molar-refractivity contribution in [3.8, 4) is 11.3 Å². The van der Waals surface area contributed by atoms with E-state index < -0.39 is 0 Å². The Kier molecular flexibility index (Phi) is 5.02. The zero-order chi connectivity index (χ0) is 17.1. The summed E-state index contributed by atoms with van der Waals surface area (Å²) in [6, 6.07) is 9.78. The predicted molar refractivity (Wildman–Crippen MR) is 99.8 cm³/mol. The number of aryl methyl sites for hydroxylation is 1. The summed E-state index contributed by atoms with van der Waals surface area (Å²) < 4.78 is 1.85. The second kappa shape index (κ2) is 7.20. The van der Waals surface area contributed by atoms with Crippen LogP contribution in [0.25, 0.3) is 16.9 Å². The molecule has 6 heteroatoms. The van der Waals surface area contributed by atoms with Gasteiger partial charge in [0.15, 0.2) is 5.65 Å².